The van der Waals surface area contributed by atoms with E-state index in [1.165, 1.54) is 12.7 Å². The fourth-order valence-electron chi connectivity index (χ4n) is 2.37. The average molecular weight is 340 g/mol. The molecule has 20 heavy (non-hydrogen) atoms. The van der Waals surface area contributed by atoms with E-state index in [1.807, 2.05) is 18.2 Å². The number of anilines is 1. The molecule has 0 aliphatic carbocycles. The van der Waals surface area contributed by atoms with E-state index < -0.39 is 0 Å². The topological polar surface area (TPSA) is 46.6 Å². The van der Waals surface area contributed by atoms with Crippen LogP contribution in [0.1, 0.15) is 31.7 Å². The molecule has 0 spiro atoms. The second kappa shape index (κ2) is 5.95. The zero-order valence-corrected chi connectivity index (χ0v) is 13.4. The predicted octanol–water partition coefficient (Wildman–Crippen LogP) is 3.10. The second-order valence-electron chi connectivity index (χ2n) is 5.29. The predicted molar refractivity (Wildman–Crippen MR) is 80.7 cm³/mol. The van der Waals surface area contributed by atoms with E-state index in [9.17, 15) is 9.59 Å². The maximum absolute atomic E-state index is 12.1. The highest BCUT2D eigenvalue weighted by Gasteiger charge is 2.36. The van der Waals surface area contributed by atoms with Crippen molar-refractivity contribution < 1.29 is 14.3 Å². The van der Waals surface area contributed by atoms with Gasteiger partial charge in [-0.15, -0.1) is 0 Å². The number of hydrogen-bond acceptors (Lipinski definition) is 3. The first-order valence-corrected chi connectivity index (χ1v) is 7.41. The number of nitrogens with zero attached hydrogens (tertiary/aromatic N) is 1. The van der Waals surface area contributed by atoms with Crippen molar-refractivity contribution in [2.45, 2.75) is 26.2 Å². The highest BCUT2D eigenvalue weighted by Crippen LogP contribution is 2.33. The number of methoxy groups -OCH3 is 1. The van der Waals surface area contributed by atoms with Gasteiger partial charge in [-0.05, 0) is 39.5 Å². The lowest BCUT2D eigenvalue weighted by atomic mass is 10.0. The van der Waals surface area contributed by atoms with E-state index in [0.29, 0.717) is 12.5 Å². The van der Waals surface area contributed by atoms with Crippen LogP contribution in [0, 0.1) is 5.92 Å². The van der Waals surface area contributed by atoms with Gasteiger partial charge in [-0.2, -0.15) is 0 Å². The third kappa shape index (κ3) is 2.87. The molecule has 1 aromatic carbocycles. The molecule has 1 heterocycles. The fourth-order valence-corrected chi connectivity index (χ4v) is 2.98. The van der Waals surface area contributed by atoms with Crippen LogP contribution in [0.4, 0.5) is 5.69 Å². The van der Waals surface area contributed by atoms with Crippen LogP contribution in [-0.2, 0) is 14.3 Å². The zero-order chi connectivity index (χ0) is 14.9. The number of esters is 1. The van der Waals surface area contributed by atoms with Crippen molar-refractivity contribution in [3.05, 3.63) is 28.2 Å². The van der Waals surface area contributed by atoms with Gasteiger partial charge in [0.2, 0.25) is 5.91 Å². The summed E-state index contributed by atoms with van der Waals surface area (Å²) < 4.78 is 5.60. The Bertz CT molecular complexity index is 542. The molecule has 1 aliphatic heterocycles. The molecule has 0 radical (unpaired) electrons. The van der Waals surface area contributed by atoms with Gasteiger partial charge in [0.05, 0.1) is 18.7 Å². The summed E-state index contributed by atoms with van der Waals surface area (Å²) in [6.07, 6.45) is 0.213. The summed E-state index contributed by atoms with van der Waals surface area (Å²) in [5.41, 5.74) is 2.02. The Labute approximate surface area is 127 Å². The van der Waals surface area contributed by atoms with E-state index in [1.54, 1.807) is 4.90 Å². The number of ether oxygens (including phenoxy) is 1. The van der Waals surface area contributed by atoms with Crippen LogP contribution in [0.25, 0.3) is 0 Å². The lowest BCUT2D eigenvalue weighted by Crippen LogP contribution is -2.26. The van der Waals surface area contributed by atoms with Crippen molar-refractivity contribution in [1.29, 1.82) is 0 Å². The van der Waals surface area contributed by atoms with Gasteiger partial charge in [0.1, 0.15) is 0 Å². The number of benzene rings is 1. The van der Waals surface area contributed by atoms with Crippen LogP contribution in [-0.4, -0.2) is 25.5 Å². The van der Waals surface area contributed by atoms with E-state index in [0.717, 1.165) is 10.2 Å². The smallest absolute Gasteiger partial charge is 0.311 e. The lowest BCUT2D eigenvalue weighted by molar-refractivity contribution is -0.145. The average Bonchev–Trinajstić information content (AvgIpc) is 2.79. The van der Waals surface area contributed by atoms with Crippen molar-refractivity contribution in [3.8, 4) is 0 Å². The molecule has 1 atom stereocenters. The van der Waals surface area contributed by atoms with E-state index in [4.69, 9.17) is 4.74 Å². The molecule has 1 aromatic rings. The van der Waals surface area contributed by atoms with Gasteiger partial charge in [-0.3, -0.25) is 9.59 Å². The zero-order valence-electron chi connectivity index (χ0n) is 11.9. The summed E-state index contributed by atoms with van der Waals surface area (Å²) in [5.74, 6) is -0.309. The SMILES string of the molecule is COC(=O)C1CC(=O)N(c2ccc(C(C)C)cc2Br)C1. The molecule has 0 saturated carbocycles. The van der Waals surface area contributed by atoms with Crippen LogP contribution >= 0.6 is 15.9 Å². The van der Waals surface area contributed by atoms with Gasteiger partial charge in [0.15, 0.2) is 0 Å². The molecule has 0 N–H and O–H groups in total. The summed E-state index contributed by atoms with van der Waals surface area (Å²) in [4.78, 5) is 25.3. The van der Waals surface area contributed by atoms with Crippen molar-refractivity contribution >= 4 is 33.5 Å². The third-order valence-electron chi connectivity index (χ3n) is 3.59. The molecule has 1 amide bonds. The van der Waals surface area contributed by atoms with Crippen molar-refractivity contribution in [3.63, 3.8) is 0 Å². The van der Waals surface area contributed by atoms with Crippen LogP contribution in [0.2, 0.25) is 0 Å². The Balaban J connectivity index is 2.24. The molecule has 2 rings (SSSR count). The number of carbonyl (C=O) groups excluding carboxylic acids is 2. The molecule has 108 valence electrons. The minimum Gasteiger partial charge on any atom is -0.469 e. The number of rotatable bonds is 3. The minimum atomic E-state index is -0.371. The lowest BCUT2D eigenvalue weighted by Gasteiger charge is -2.19. The summed E-state index contributed by atoms with van der Waals surface area (Å²) in [6, 6.07) is 5.97. The van der Waals surface area contributed by atoms with Crippen LogP contribution < -0.4 is 4.90 Å². The standard InChI is InChI=1S/C15H18BrNO3/c1-9(2)10-4-5-13(12(16)6-10)17-8-11(7-14(17)18)15(19)20-3/h4-6,9,11H,7-8H2,1-3H3. The molecule has 1 unspecified atom stereocenters. The Hall–Kier alpha value is -1.36. The number of carbonyl (C=O) groups is 2. The van der Waals surface area contributed by atoms with Crippen LogP contribution in [0.3, 0.4) is 0 Å². The van der Waals surface area contributed by atoms with Gasteiger partial charge in [-0.1, -0.05) is 19.9 Å². The van der Waals surface area contributed by atoms with Crippen molar-refractivity contribution in [2.75, 3.05) is 18.6 Å². The monoisotopic (exact) mass is 339 g/mol. The summed E-state index contributed by atoms with van der Waals surface area (Å²) >= 11 is 3.52. The largest absolute Gasteiger partial charge is 0.469 e. The van der Waals surface area contributed by atoms with Crippen LogP contribution in [0.5, 0.6) is 0 Å². The van der Waals surface area contributed by atoms with Crippen LogP contribution in [0.15, 0.2) is 22.7 Å². The minimum absolute atomic E-state index is 0.0432. The molecule has 0 aromatic heterocycles. The molecule has 4 nitrogen and oxygen atoms in total. The highest BCUT2D eigenvalue weighted by atomic mass is 79.9. The second-order valence-corrected chi connectivity index (χ2v) is 6.15. The van der Waals surface area contributed by atoms with Gasteiger partial charge in [-0.25, -0.2) is 0 Å². The molecule has 5 heteroatoms. The Kier molecular flexibility index (Phi) is 4.48. The molecule has 1 aliphatic rings. The van der Waals surface area contributed by atoms with Gasteiger partial charge in [0, 0.05) is 17.4 Å². The molecule has 1 saturated heterocycles. The maximum Gasteiger partial charge on any atom is 0.311 e. The molecular weight excluding hydrogens is 322 g/mol. The normalized spacial score (nSPS) is 18.8. The summed E-state index contributed by atoms with van der Waals surface area (Å²) in [6.45, 7) is 4.62. The Morgan fingerprint density at radius 1 is 1.45 bits per heavy atom. The number of amides is 1. The molecular formula is C15H18BrNO3. The molecule has 0 bridgehead atoms. The van der Waals surface area contributed by atoms with Crippen molar-refractivity contribution in [1.82, 2.24) is 0 Å². The summed E-state index contributed by atoms with van der Waals surface area (Å²) in [5, 5.41) is 0. The first-order chi connectivity index (χ1) is 9.43. The third-order valence-corrected chi connectivity index (χ3v) is 4.22. The van der Waals surface area contributed by atoms with E-state index in [-0.39, 0.29) is 24.2 Å². The van der Waals surface area contributed by atoms with Gasteiger partial charge in [0.25, 0.3) is 0 Å². The quantitative estimate of drug-likeness (QED) is 0.795. The highest BCUT2D eigenvalue weighted by molar-refractivity contribution is 9.10. The number of halogens is 1. The fraction of sp³-hybridized carbons (Fsp3) is 0.467. The van der Waals surface area contributed by atoms with E-state index >= 15 is 0 Å². The number of hydrogen-bond donors (Lipinski definition) is 0. The first kappa shape index (κ1) is 15.0. The van der Waals surface area contributed by atoms with Crippen molar-refractivity contribution in [2.24, 2.45) is 5.92 Å². The molecule has 1 fully saturated rings. The summed E-state index contributed by atoms with van der Waals surface area (Å²) in [7, 11) is 1.35. The maximum atomic E-state index is 12.1. The van der Waals surface area contributed by atoms with E-state index in [2.05, 4.69) is 29.8 Å². The Morgan fingerprint density at radius 2 is 2.15 bits per heavy atom. The van der Waals surface area contributed by atoms with Gasteiger partial charge >= 0.3 is 5.97 Å². The Morgan fingerprint density at radius 3 is 2.70 bits per heavy atom. The van der Waals surface area contributed by atoms with Gasteiger partial charge < -0.3 is 9.64 Å². The first-order valence-electron chi connectivity index (χ1n) is 6.61.